The van der Waals surface area contributed by atoms with Crippen LogP contribution in [-0.2, 0) is 20.0 Å². The van der Waals surface area contributed by atoms with Gasteiger partial charge in [0, 0.05) is 18.6 Å². The molecule has 1 aliphatic rings. The third kappa shape index (κ3) is 2.97. The summed E-state index contributed by atoms with van der Waals surface area (Å²) in [5.41, 5.74) is 0.213. The molecule has 138 valence electrons. The van der Waals surface area contributed by atoms with Gasteiger partial charge in [-0.2, -0.15) is 0 Å². The maximum Gasteiger partial charge on any atom is 0.200 e. The highest BCUT2D eigenvalue weighted by molar-refractivity contribution is 7.93. The highest BCUT2D eigenvalue weighted by Crippen LogP contribution is 2.41. The van der Waals surface area contributed by atoms with E-state index < -0.39 is 21.2 Å². The number of aliphatic hydroxyl groups is 1. The number of nitrogens with zero attached hydrogens (tertiary/aromatic N) is 1. The first-order valence-corrected chi connectivity index (χ1v) is 10.0. The molecule has 6 nitrogen and oxygen atoms in total. The molecule has 0 spiro atoms. The molecule has 2 heterocycles. The monoisotopic (exact) mass is 387 g/mol. The minimum Gasteiger partial charge on any atom is -0.439 e. The van der Waals surface area contributed by atoms with E-state index in [4.69, 9.17) is 20.8 Å². The van der Waals surface area contributed by atoms with Crippen molar-refractivity contribution in [2.75, 3.05) is 19.8 Å². The fraction of sp³-hybridized carbons (Fsp3) is 0.588. The second kappa shape index (κ2) is 6.23. The molecule has 1 fully saturated rings. The smallest absolute Gasteiger partial charge is 0.200 e. The Hall–Kier alpha value is -1.15. The summed E-state index contributed by atoms with van der Waals surface area (Å²) in [4.78, 5) is 4.32. The lowest BCUT2D eigenvalue weighted by atomic mass is 9.97. The fourth-order valence-corrected chi connectivity index (χ4v) is 5.46. The fourth-order valence-electron chi connectivity index (χ4n) is 2.99. The standard InChI is InChI=1S/C17H22ClNO5S/c1-16(2,3)15-19-12-5-4-11(18)14(13(12)24-15)25(21,22)17(10-20)6-8-23-9-7-17/h4-5,20H,6-10H2,1-3H3. The van der Waals surface area contributed by atoms with Gasteiger partial charge in [0.2, 0.25) is 5.89 Å². The molecule has 0 bridgehead atoms. The molecule has 1 aromatic heterocycles. The van der Waals surface area contributed by atoms with E-state index >= 15 is 0 Å². The minimum absolute atomic E-state index is 0.0726. The van der Waals surface area contributed by atoms with Crippen molar-refractivity contribution in [1.82, 2.24) is 4.98 Å². The zero-order chi connectivity index (χ0) is 18.5. The second-order valence-corrected chi connectivity index (χ2v) is 10.1. The second-order valence-electron chi connectivity index (χ2n) is 7.45. The molecule has 3 rings (SSSR count). The Labute approximate surface area is 152 Å². The van der Waals surface area contributed by atoms with E-state index in [-0.39, 0.29) is 47.0 Å². The predicted octanol–water partition coefficient (Wildman–Crippen LogP) is 3.09. The minimum atomic E-state index is -3.96. The number of oxazole rings is 1. The summed E-state index contributed by atoms with van der Waals surface area (Å²) in [5.74, 6) is 0.436. The van der Waals surface area contributed by atoms with Crippen LogP contribution < -0.4 is 0 Å². The number of aliphatic hydroxyl groups excluding tert-OH is 1. The molecule has 25 heavy (non-hydrogen) atoms. The van der Waals surface area contributed by atoms with Crippen LogP contribution in [-0.4, -0.2) is 43.1 Å². The maximum atomic E-state index is 13.4. The van der Waals surface area contributed by atoms with Crippen LogP contribution in [0.4, 0.5) is 0 Å². The van der Waals surface area contributed by atoms with Gasteiger partial charge in [-0.3, -0.25) is 0 Å². The Morgan fingerprint density at radius 1 is 1.28 bits per heavy atom. The Bertz CT molecular complexity index is 892. The number of sulfone groups is 1. The van der Waals surface area contributed by atoms with Crippen molar-refractivity contribution in [3.63, 3.8) is 0 Å². The van der Waals surface area contributed by atoms with Crippen LogP contribution in [0.15, 0.2) is 21.4 Å². The van der Waals surface area contributed by atoms with Gasteiger partial charge in [0.15, 0.2) is 15.4 Å². The molecule has 0 saturated carbocycles. The van der Waals surface area contributed by atoms with Crippen molar-refractivity contribution in [3.8, 4) is 0 Å². The van der Waals surface area contributed by atoms with Crippen LogP contribution in [0, 0.1) is 0 Å². The number of aromatic nitrogens is 1. The van der Waals surface area contributed by atoms with Gasteiger partial charge >= 0.3 is 0 Å². The molecule has 1 saturated heterocycles. The third-order valence-corrected chi connectivity index (χ3v) is 7.68. The average molecular weight is 388 g/mol. The van der Waals surface area contributed by atoms with Crippen LogP contribution in [0.5, 0.6) is 0 Å². The zero-order valence-electron chi connectivity index (χ0n) is 14.5. The number of ether oxygens (including phenoxy) is 1. The van der Waals surface area contributed by atoms with Crippen LogP contribution >= 0.6 is 11.6 Å². The van der Waals surface area contributed by atoms with Crippen LogP contribution in [0.2, 0.25) is 5.02 Å². The van der Waals surface area contributed by atoms with Crippen molar-refractivity contribution in [1.29, 1.82) is 0 Å². The van der Waals surface area contributed by atoms with Crippen LogP contribution in [0.3, 0.4) is 0 Å². The summed E-state index contributed by atoms with van der Waals surface area (Å²) >= 11 is 6.27. The van der Waals surface area contributed by atoms with E-state index in [1.54, 1.807) is 6.07 Å². The largest absolute Gasteiger partial charge is 0.439 e. The Morgan fingerprint density at radius 2 is 1.92 bits per heavy atom. The Morgan fingerprint density at radius 3 is 2.48 bits per heavy atom. The van der Waals surface area contributed by atoms with Gasteiger partial charge in [-0.05, 0) is 25.0 Å². The summed E-state index contributed by atoms with van der Waals surface area (Å²) < 4.78 is 36.7. The summed E-state index contributed by atoms with van der Waals surface area (Å²) in [5, 5.41) is 9.98. The number of hydrogen-bond donors (Lipinski definition) is 1. The van der Waals surface area contributed by atoms with Crippen molar-refractivity contribution in [2.24, 2.45) is 0 Å². The van der Waals surface area contributed by atoms with E-state index in [1.165, 1.54) is 6.07 Å². The van der Waals surface area contributed by atoms with Crippen molar-refractivity contribution < 1.29 is 22.7 Å². The van der Waals surface area contributed by atoms with Gasteiger partial charge in [0.05, 0.1) is 11.6 Å². The summed E-state index contributed by atoms with van der Waals surface area (Å²) in [6.07, 6.45) is 0.414. The molecule has 0 unspecified atom stereocenters. The zero-order valence-corrected chi connectivity index (χ0v) is 16.1. The number of halogens is 1. The van der Waals surface area contributed by atoms with Gasteiger partial charge in [0.1, 0.15) is 15.2 Å². The highest BCUT2D eigenvalue weighted by atomic mass is 35.5. The molecular formula is C17H22ClNO5S. The summed E-state index contributed by atoms with van der Waals surface area (Å²) in [6.45, 7) is 5.85. The first-order chi connectivity index (χ1) is 11.6. The highest BCUT2D eigenvalue weighted by Gasteiger charge is 2.48. The summed E-state index contributed by atoms with van der Waals surface area (Å²) in [7, 11) is -3.96. The summed E-state index contributed by atoms with van der Waals surface area (Å²) in [6, 6.07) is 3.15. The molecule has 0 atom stereocenters. The Kier molecular flexibility index (Phi) is 4.64. The topological polar surface area (TPSA) is 89.6 Å². The van der Waals surface area contributed by atoms with Gasteiger partial charge in [-0.15, -0.1) is 0 Å². The molecule has 1 aromatic carbocycles. The molecular weight excluding hydrogens is 366 g/mol. The van der Waals surface area contributed by atoms with Crippen molar-refractivity contribution in [3.05, 3.63) is 23.0 Å². The Balaban J connectivity index is 2.26. The van der Waals surface area contributed by atoms with E-state index in [0.717, 1.165) is 0 Å². The maximum absolute atomic E-state index is 13.4. The van der Waals surface area contributed by atoms with E-state index in [1.807, 2.05) is 20.8 Å². The molecule has 2 aromatic rings. The van der Waals surface area contributed by atoms with E-state index in [2.05, 4.69) is 4.98 Å². The van der Waals surface area contributed by atoms with Gasteiger partial charge in [-0.25, -0.2) is 13.4 Å². The van der Waals surface area contributed by atoms with Gasteiger partial charge < -0.3 is 14.3 Å². The lowest BCUT2D eigenvalue weighted by Gasteiger charge is -2.34. The lowest BCUT2D eigenvalue weighted by Crippen LogP contribution is -2.47. The molecule has 0 aliphatic carbocycles. The number of benzene rings is 1. The van der Waals surface area contributed by atoms with Crippen molar-refractivity contribution in [2.45, 2.75) is 48.7 Å². The van der Waals surface area contributed by atoms with Crippen LogP contribution in [0.1, 0.15) is 39.5 Å². The normalized spacial score (nSPS) is 18.6. The average Bonchev–Trinajstić information content (AvgIpc) is 2.99. The van der Waals surface area contributed by atoms with Crippen LogP contribution in [0.25, 0.3) is 11.1 Å². The molecule has 1 N–H and O–H groups in total. The lowest BCUT2D eigenvalue weighted by molar-refractivity contribution is 0.0559. The van der Waals surface area contributed by atoms with Gasteiger partial charge in [-0.1, -0.05) is 32.4 Å². The van der Waals surface area contributed by atoms with E-state index in [9.17, 15) is 13.5 Å². The molecule has 0 amide bonds. The number of hydrogen-bond acceptors (Lipinski definition) is 6. The SMILES string of the molecule is CC(C)(C)c1nc2ccc(Cl)c(S(=O)(=O)C3(CO)CCOCC3)c2o1. The van der Waals surface area contributed by atoms with E-state index in [0.29, 0.717) is 11.4 Å². The van der Waals surface area contributed by atoms with Crippen molar-refractivity contribution >= 4 is 32.5 Å². The molecule has 1 aliphatic heterocycles. The molecule has 0 radical (unpaired) electrons. The predicted molar refractivity (Wildman–Crippen MR) is 94.8 cm³/mol. The first kappa shape index (κ1) is 18.6. The quantitative estimate of drug-likeness (QED) is 0.870. The number of fused-ring (bicyclic) bond motifs is 1. The van der Waals surface area contributed by atoms with Gasteiger partial charge in [0.25, 0.3) is 0 Å². The number of rotatable bonds is 3. The molecule has 8 heteroatoms. The first-order valence-electron chi connectivity index (χ1n) is 8.15. The third-order valence-electron chi connectivity index (χ3n) is 4.64.